The molecule has 1 unspecified atom stereocenters. The lowest BCUT2D eigenvalue weighted by molar-refractivity contribution is -0.122. The Morgan fingerprint density at radius 2 is 1.71 bits per heavy atom. The minimum Gasteiger partial charge on any atom is -0.302 e. The van der Waals surface area contributed by atoms with E-state index in [-0.39, 0.29) is 23.8 Å². The maximum Gasteiger partial charge on any atom is 0.257 e. The number of carbonyl (C=O) groups excluding carboxylic acids is 2. The molecule has 3 rings (SSSR count). The molecule has 1 atom stereocenters. The monoisotopic (exact) mass is 282 g/mol. The summed E-state index contributed by atoms with van der Waals surface area (Å²) in [5.74, 6) is -0.650. The molecule has 106 valence electrons. The van der Waals surface area contributed by atoms with Gasteiger partial charge in [0.15, 0.2) is 0 Å². The van der Waals surface area contributed by atoms with E-state index in [1.165, 1.54) is 4.57 Å². The van der Waals surface area contributed by atoms with Crippen molar-refractivity contribution in [2.24, 2.45) is 0 Å². The maximum atomic E-state index is 12.5. The number of pyridine rings is 1. The summed E-state index contributed by atoms with van der Waals surface area (Å²) < 4.78 is 1.35. The highest BCUT2D eigenvalue weighted by Crippen LogP contribution is 2.28. The fourth-order valence-electron chi connectivity index (χ4n) is 2.55. The predicted molar refractivity (Wildman–Crippen MR) is 78.0 cm³/mol. The van der Waals surface area contributed by atoms with Crippen LogP contribution in [0.25, 0.3) is 0 Å². The largest absolute Gasteiger partial charge is 0.302 e. The standard InChI is InChI=1S/C16H14N2O3/c1-11-6-5-9-17(15(11)20)13-10-14(19)18(16(13)21)12-7-3-2-4-8-12/h2-9,13H,10H2,1H3. The van der Waals surface area contributed by atoms with Crippen LogP contribution in [-0.4, -0.2) is 16.4 Å². The van der Waals surface area contributed by atoms with Gasteiger partial charge in [-0.1, -0.05) is 24.3 Å². The van der Waals surface area contributed by atoms with Crippen LogP contribution in [0.2, 0.25) is 0 Å². The molecule has 0 saturated carbocycles. The molecule has 21 heavy (non-hydrogen) atoms. The summed E-state index contributed by atoms with van der Waals surface area (Å²) in [4.78, 5) is 38.0. The maximum absolute atomic E-state index is 12.5. The van der Waals surface area contributed by atoms with E-state index in [9.17, 15) is 14.4 Å². The second-order valence-corrected chi connectivity index (χ2v) is 5.03. The van der Waals surface area contributed by atoms with Crippen molar-refractivity contribution in [2.75, 3.05) is 4.90 Å². The Balaban J connectivity index is 2.01. The minimum absolute atomic E-state index is 0.0110. The zero-order valence-corrected chi connectivity index (χ0v) is 11.5. The SMILES string of the molecule is Cc1cccn(C2CC(=O)N(c3ccccc3)C2=O)c1=O. The molecule has 2 heterocycles. The summed E-state index contributed by atoms with van der Waals surface area (Å²) in [7, 11) is 0. The van der Waals surface area contributed by atoms with Gasteiger partial charge in [-0.05, 0) is 25.1 Å². The van der Waals surface area contributed by atoms with Crippen LogP contribution in [0.3, 0.4) is 0 Å². The highest BCUT2D eigenvalue weighted by Gasteiger charge is 2.40. The normalized spacial score (nSPS) is 18.3. The van der Waals surface area contributed by atoms with Crippen LogP contribution in [0, 0.1) is 6.92 Å². The van der Waals surface area contributed by atoms with E-state index in [1.807, 2.05) is 6.07 Å². The van der Waals surface area contributed by atoms with Gasteiger partial charge >= 0.3 is 0 Å². The number of aromatic nitrogens is 1. The topological polar surface area (TPSA) is 59.4 Å². The Morgan fingerprint density at radius 1 is 1.00 bits per heavy atom. The van der Waals surface area contributed by atoms with Gasteiger partial charge in [-0.25, -0.2) is 4.90 Å². The van der Waals surface area contributed by atoms with Gasteiger partial charge in [0, 0.05) is 11.8 Å². The van der Waals surface area contributed by atoms with Gasteiger partial charge in [-0.2, -0.15) is 0 Å². The van der Waals surface area contributed by atoms with E-state index in [2.05, 4.69) is 0 Å². The van der Waals surface area contributed by atoms with Crippen LogP contribution in [0.1, 0.15) is 18.0 Å². The molecule has 1 aromatic heterocycles. The summed E-state index contributed by atoms with van der Waals surface area (Å²) in [6.45, 7) is 1.69. The average Bonchev–Trinajstić information content (AvgIpc) is 2.78. The highest BCUT2D eigenvalue weighted by molar-refractivity contribution is 6.21. The third kappa shape index (κ3) is 2.16. The molecule has 5 nitrogen and oxygen atoms in total. The number of rotatable bonds is 2. The first kappa shape index (κ1) is 13.3. The molecule has 0 aliphatic carbocycles. The van der Waals surface area contributed by atoms with Gasteiger partial charge in [0.1, 0.15) is 6.04 Å². The van der Waals surface area contributed by atoms with Crippen LogP contribution in [-0.2, 0) is 9.59 Å². The third-order valence-corrected chi connectivity index (χ3v) is 3.64. The molecule has 0 spiro atoms. The van der Waals surface area contributed by atoms with Crippen molar-refractivity contribution in [1.29, 1.82) is 0 Å². The second kappa shape index (κ2) is 5.01. The van der Waals surface area contributed by atoms with Crippen molar-refractivity contribution in [3.8, 4) is 0 Å². The number of para-hydroxylation sites is 1. The van der Waals surface area contributed by atoms with E-state index in [4.69, 9.17) is 0 Å². The van der Waals surface area contributed by atoms with E-state index >= 15 is 0 Å². The number of amides is 2. The van der Waals surface area contributed by atoms with Crippen LogP contribution in [0.4, 0.5) is 5.69 Å². The number of hydrogen-bond acceptors (Lipinski definition) is 3. The van der Waals surface area contributed by atoms with E-state index < -0.39 is 6.04 Å². The number of hydrogen-bond donors (Lipinski definition) is 0. The van der Waals surface area contributed by atoms with Crippen molar-refractivity contribution in [2.45, 2.75) is 19.4 Å². The molecule has 0 N–H and O–H groups in total. The molecule has 1 fully saturated rings. The molecule has 2 aromatic rings. The minimum atomic E-state index is -0.759. The molecule has 1 saturated heterocycles. The Morgan fingerprint density at radius 3 is 2.43 bits per heavy atom. The number of benzene rings is 1. The Labute approximate surface area is 121 Å². The summed E-state index contributed by atoms with van der Waals surface area (Å²) in [6.07, 6.45) is 1.57. The molecule has 1 aliphatic rings. The third-order valence-electron chi connectivity index (χ3n) is 3.64. The second-order valence-electron chi connectivity index (χ2n) is 5.03. The van der Waals surface area contributed by atoms with Crippen molar-refractivity contribution < 1.29 is 9.59 Å². The first-order valence-corrected chi connectivity index (χ1v) is 6.69. The highest BCUT2D eigenvalue weighted by atomic mass is 16.2. The summed E-state index contributed by atoms with van der Waals surface area (Å²) >= 11 is 0. The molecule has 0 radical (unpaired) electrons. The first-order valence-electron chi connectivity index (χ1n) is 6.69. The molecule has 5 heteroatoms. The zero-order chi connectivity index (χ0) is 15.0. The number of anilines is 1. The van der Waals surface area contributed by atoms with Crippen LogP contribution in [0.15, 0.2) is 53.5 Å². The molecule has 0 bridgehead atoms. The fourth-order valence-corrected chi connectivity index (χ4v) is 2.55. The van der Waals surface area contributed by atoms with E-state index in [1.54, 1.807) is 49.5 Å². The van der Waals surface area contributed by atoms with Gasteiger partial charge in [0.25, 0.3) is 11.5 Å². The van der Waals surface area contributed by atoms with Crippen LogP contribution < -0.4 is 10.5 Å². The van der Waals surface area contributed by atoms with Gasteiger partial charge in [0.2, 0.25) is 5.91 Å². The van der Waals surface area contributed by atoms with Crippen molar-refractivity contribution in [3.05, 3.63) is 64.6 Å². The zero-order valence-electron chi connectivity index (χ0n) is 11.5. The molecular formula is C16H14N2O3. The first-order chi connectivity index (χ1) is 10.1. The molecule has 1 aliphatic heterocycles. The van der Waals surface area contributed by atoms with E-state index in [0.29, 0.717) is 11.3 Å². The Hall–Kier alpha value is -2.69. The molecule has 1 aromatic carbocycles. The summed E-state index contributed by atoms with van der Waals surface area (Å²) in [6, 6.07) is 11.4. The lowest BCUT2D eigenvalue weighted by Crippen LogP contribution is -2.34. The number of imide groups is 1. The number of nitrogens with zero attached hydrogens (tertiary/aromatic N) is 2. The smallest absolute Gasteiger partial charge is 0.257 e. The van der Waals surface area contributed by atoms with Crippen molar-refractivity contribution >= 4 is 17.5 Å². The average molecular weight is 282 g/mol. The molecular weight excluding hydrogens is 268 g/mol. The van der Waals surface area contributed by atoms with E-state index in [0.717, 1.165) is 4.90 Å². The molecule has 2 amide bonds. The number of aryl methyl sites for hydroxylation is 1. The summed E-state index contributed by atoms with van der Waals surface area (Å²) in [5.41, 5.74) is 0.852. The van der Waals surface area contributed by atoms with Gasteiger partial charge in [0.05, 0.1) is 12.1 Å². The predicted octanol–water partition coefficient (Wildman–Crippen LogP) is 1.66. The fraction of sp³-hybridized carbons (Fsp3) is 0.188. The van der Waals surface area contributed by atoms with Crippen molar-refractivity contribution in [3.63, 3.8) is 0 Å². The van der Waals surface area contributed by atoms with Gasteiger partial charge < -0.3 is 4.57 Å². The quantitative estimate of drug-likeness (QED) is 0.787. The Bertz CT molecular complexity index is 765. The van der Waals surface area contributed by atoms with Gasteiger partial charge in [-0.15, -0.1) is 0 Å². The van der Waals surface area contributed by atoms with Gasteiger partial charge in [-0.3, -0.25) is 14.4 Å². The summed E-state index contributed by atoms with van der Waals surface area (Å²) in [5, 5.41) is 0. The van der Waals surface area contributed by atoms with Crippen molar-refractivity contribution in [1.82, 2.24) is 4.57 Å². The lowest BCUT2D eigenvalue weighted by atomic mass is 10.2. The van der Waals surface area contributed by atoms with Crippen LogP contribution >= 0.6 is 0 Å². The number of carbonyl (C=O) groups is 2. The van der Waals surface area contributed by atoms with Crippen LogP contribution in [0.5, 0.6) is 0 Å². The Kier molecular flexibility index (Phi) is 3.17. The lowest BCUT2D eigenvalue weighted by Gasteiger charge is -2.16.